The zero-order valence-electron chi connectivity index (χ0n) is 17.5. The molecule has 0 saturated carbocycles. The Kier molecular flexibility index (Phi) is 6.75. The molecule has 0 atom stereocenters. The average Bonchev–Trinajstić information content (AvgIpc) is 3.23. The second kappa shape index (κ2) is 10.2. The first kappa shape index (κ1) is 21.1. The molecule has 0 aliphatic heterocycles. The van der Waals surface area contributed by atoms with Gasteiger partial charge in [-0.15, -0.1) is 0 Å². The van der Waals surface area contributed by atoms with Crippen LogP contribution in [0.1, 0.15) is 40.9 Å². The summed E-state index contributed by atoms with van der Waals surface area (Å²) in [4.78, 5) is 12.8. The van der Waals surface area contributed by atoms with Gasteiger partial charge in [-0.1, -0.05) is 53.7 Å². The van der Waals surface area contributed by atoms with Crippen LogP contribution in [0.25, 0.3) is 11.3 Å². The van der Waals surface area contributed by atoms with E-state index in [2.05, 4.69) is 27.4 Å². The second-order valence-electron chi connectivity index (χ2n) is 7.37. The van der Waals surface area contributed by atoms with Crippen LogP contribution in [-0.4, -0.2) is 11.1 Å². The molecule has 2 aromatic carbocycles. The summed E-state index contributed by atoms with van der Waals surface area (Å²) >= 11 is 0. The Morgan fingerprint density at radius 2 is 2.00 bits per heavy atom. The lowest BCUT2D eigenvalue weighted by molar-refractivity contribution is 0.0957. The van der Waals surface area contributed by atoms with Crippen LogP contribution in [0.3, 0.4) is 0 Å². The van der Waals surface area contributed by atoms with Gasteiger partial charge >= 0.3 is 0 Å². The van der Waals surface area contributed by atoms with E-state index in [4.69, 9.17) is 9.78 Å². The molecule has 1 aromatic heterocycles. The van der Waals surface area contributed by atoms with Gasteiger partial charge in [0.1, 0.15) is 0 Å². The second-order valence-corrected chi connectivity index (χ2v) is 7.37. The normalized spacial score (nSPS) is 13.3. The number of benzene rings is 2. The number of hydrazine groups is 1. The van der Waals surface area contributed by atoms with E-state index in [-0.39, 0.29) is 11.6 Å². The van der Waals surface area contributed by atoms with E-state index >= 15 is 0 Å². The number of carbonyl (C=O) groups is 1. The molecule has 3 N–H and O–H groups in total. The largest absolute Gasteiger partial charge is 0.355 e. The van der Waals surface area contributed by atoms with Crippen molar-refractivity contribution in [3.63, 3.8) is 0 Å². The Labute approximate surface area is 186 Å². The first-order valence-corrected chi connectivity index (χ1v) is 10.4. The lowest BCUT2D eigenvalue weighted by Gasteiger charge is -2.15. The summed E-state index contributed by atoms with van der Waals surface area (Å²) < 4.78 is 5.35. The molecule has 0 unspecified atom stereocenters. The number of amides is 1. The maximum atomic E-state index is 12.8. The van der Waals surface area contributed by atoms with Crippen LogP contribution in [-0.2, 0) is 6.54 Å². The van der Waals surface area contributed by atoms with Gasteiger partial charge in [-0.05, 0) is 43.0 Å². The maximum absolute atomic E-state index is 12.8. The Hall–Kier alpha value is -4.15. The smallest absolute Gasteiger partial charge is 0.277 e. The lowest BCUT2D eigenvalue weighted by atomic mass is 10.1. The Morgan fingerprint density at radius 1 is 1.12 bits per heavy atom. The van der Waals surface area contributed by atoms with Crippen molar-refractivity contribution in [3.05, 3.63) is 101 Å². The number of carbonyl (C=O) groups excluding carboxylic acids is 1. The van der Waals surface area contributed by atoms with Crippen LogP contribution in [0.2, 0.25) is 0 Å². The summed E-state index contributed by atoms with van der Waals surface area (Å²) in [5.74, 6) is 0.208. The lowest BCUT2D eigenvalue weighted by Crippen LogP contribution is -2.34. The average molecular weight is 425 g/mol. The number of hydrogen-bond donors (Lipinski definition) is 3. The molecule has 1 aliphatic carbocycles. The number of allylic oxidation sites excluding steroid dienone is 3. The standard InChI is InChI=1S/C25H23N5O2/c26-16-18-8-7-9-19(14-18)17-27-29-22-13-6-2-5-12-21(22)28-25(31)23-15-24(32-30-23)20-10-3-1-4-11-20/h1,3-5,7-12,14-15,27,29H,2,6,13,17H2,(H,28,31). The van der Waals surface area contributed by atoms with E-state index in [1.807, 2.05) is 60.7 Å². The van der Waals surface area contributed by atoms with Crippen molar-refractivity contribution in [1.29, 1.82) is 5.26 Å². The van der Waals surface area contributed by atoms with Crippen LogP contribution < -0.4 is 16.2 Å². The highest BCUT2D eigenvalue weighted by molar-refractivity contribution is 5.94. The molecule has 0 fully saturated rings. The minimum atomic E-state index is -0.335. The molecular formula is C25H23N5O2. The molecule has 0 radical (unpaired) electrons. The minimum Gasteiger partial charge on any atom is -0.355 e. The number of nitrogens with zero attached hydrogens (tertiary/aromatic N) is 2. The molecule has 160 valence electrons. The van der Waals surface area contributed by atoms with E-state index in [1.54, 1.807) is 12.1 Å². The predicted molar refractivity (Wildman–Crippen MR) is 121 cm³/mol. The molecule has 4 rings (SSSR count). The van der Waals surface area contributed by atoms with E-state index in [9.17, 15) is 4.79 Å². The highest BCUT2D eigenvalue weighted by Crippen LogP contribution is 2.20. The van der Waals surface area contributed by atoms with E-state index < -0.39 is 0 Å². The van der Waals surface area contributed by atoms with Gasteiger partial charge in [-0.3, -0.25) is 4.79 Å². The monoisotopic (exact) mass is 425 g/mol. The fourth-order valence-corrected chi connectivity index (χ4v) is 3.39. The van der Waals surface area contributed by atoms with Crippen LogP contribution >= 0.6 is 0 Å². The molecule has 1 amide bonds. The van der Waals surface area contributed by atoms with Gasteiger partial charge in [0.15, 0.2) is 11.5 Å². The van der Waals surface area contributed by atoms with Gasteiger partial charge in [-0.25, -0.2) is 5.43 Å². The number of nitrogens with one attached hydrogen (secondary N) is 3. The van der Waals surface area contributed by atoms with E-state index in [0.717, 1.165) is 36.1 Å². The van der Waals surface area contributed by atoms with Gasteiger partial charge in [0.2, 0.25) is 0 Å². The van der Waals surface area contributed by atoms with Gasteiger partial charge < -0.3 is 15.3 Å². The molecule has 32 heavy (non-hydrogen) atoms. The summed E-state index contributed by atoms with van der Waals surface area (Å²) in [6.45, 7) is 0.535. The molecule has 3 aromatic rings. The Balaban J connectivity index is 1.43. The van der Waals surface area contributed by atoms with Crippen molar-refractivity contribution < 1.29 is 9.32 Å². The van der Waals surface area contributed by atoms with Crippen LogP contribution in [0.15, 0.2) is 88.7 Å². The summed E-state index contributed by atoms with van der Waals surface area (Å²) in [6, 6.07) is 20.7. The van der Waals surface area contributed by atoms with Crippen molar-refractivity contribution in [1.82, 2.24) is 21.3 Å². The zero-order valence-corrected chi connectivity index (χ0v) is 17.5. The van der Waals surface area contributed by atoms with Crippen LogP contribution in [0, 0.1) is 11.3 Å². The third-order valence-corrected chi connectivity index (χ3v) is 5.04. The summed E-state index contributed by atoms with van der Waals surface area (Å²) in [5, 5.41) is 15.9. The minimum absolute atomic E-state index is 0.217. The van der Waals surface area contributed by atoms with Gasteiger partial charge in [-0.2, -0.15) is 5.26 Å². The maximum Gasteiger partial charge on any atom is 0.277 e. The predicted octanol–water partition coefficient (Wildman–Crippen LogP) is 4.19. The molecular weight excluding hydrogens is 402 g/mol. The first-order chi connectivity index (χ1) is 15.7. The number of nitriles is 1. The molecule has 1 heterocycles. The van der Waals surface area contributed by atoms with E-state index in [1.165, 1.54) is 0 Å². The van der Waals surface area contributed by atoms with Crippen molar-refractivity contribution >= 4 is 5.91 Å². The quantitative estimate of drug-likeness (QED) is 0.491. The van der Waals surface area contributed by atoms with Crippen molar-refractivity contribution in [3.8, 4) is 17.4 Å². The highest BCUT2D eigenvalue weighted by Gasteiger charge is 2.17. The summed E-state index contributed by atoms with van der Waals surface area (Å²) in [7, 11) is 0. The fourth-order valence-electron chi connectivity index (χ4n) is 3.39. The highest BCUT2D eigenvalue weighted by atomic mass is 16.5. The Morgan fingerprint density at radius 3 is 2.84 bits per heavy atom. The van der Waals surface area contributed by atoms with Gasteiger partial charge in [0, 0.05) is 23.9 Å². The van der Waals surface area contributed by atoms with Crippen molar-refractivity contribution in [2.75, 3.05) is 0 Å². The number of hydrogen-bond acceptors (Lipinski definition) is 6. The Bertz CT molecular complexity index is 1190. The van der Waals surface area contributed by atoms with Crippen LogP contribution in [0.4, 0.5) is 0 Å². The fraction of sp³-hybridized carbons (Fsp3) is 0.160. The molecule has 0 spiro atoms. The van der Waals surface area contributed by atoms with Crippen molar-refractivity contribution in [2.45, 2.75) is 25.8 Å². The van der Waals surface area contributed by atoms with Gasteiger partial charge in [0.05, 0.1) is 17.3 Å². The molecule has 7 heteroatoms. The van der Waals surface area contributed by atoms with Crippen LogP contribution in [0.5, 0.6) is 0 Å². The molecule has 0 saturated heterocycles. The number of rotatable bonds is 7. The number of aromatic nitrogens is 1. The first-order valence-electron chi connectivity index (χ1n) is 10.4. The third kappa shape index (κ3) is 5.31. The van der Waals surface area contributed by atoms with Crippen molar-refractivity contribution in [2.24, 2.45) is 0 Å². The summed E-state index contributed by atoms with van der Waals surface area (Å²) in [5.41, 5.74) is 10.7. The summed E-state index contributed by atoms with van der Waals surface area (Å²) in [6.07, 6.45) is 6.62. The van der Waals surface area contributed by atoms with Gasteiger partial charge in [0.25, 0.3) is 5.91 Å². The molecule has 1 aliphatic rings. The molecule has 0 bridgehead atoms. The topological polar surface area (TPSA) is 103 Å². The third-order valence-electron chi connectivity index (χ3n) is 5.04. The SMILES string of the molecule is N#Cc1cccc(CNNC2=C(NC(=O)c3cc(-c4ccccc4)on3)C=CCCC2)c1. The van der Waals surface area contributed by atoms with E-state index in [0.29, 0.717) is 23.6 Å². The molecule has 7 nitrogen and oxygen atoms in total. The zero-order chi connectivity index (χ0) is 22.2.